The Morgan fingerprint density at radius 3 is 1.55 bits per heavy atom. The topological polar surface area (TPSA) is 146 Å². The van der Waals surface area contributed by atoms with Crippen molar-refractivity contribution in [2.45, 2.75) is 32.5 Å². The lowest BCUT2D eigenvalue weighted by Crippen LogP contribution is -2.24. The van der Waals surface area contributed by atoms with Gasteiger partial charge in [0.15, 0.2) is 11.5 Å². The highest BCUT2D eigenvalue weighted by atomic mass is 19.1. The van der Waals surface area contributed by atoms with E-state index in [4.69, 9.17) is 14.5 Å². The fourth-order valence-corrected chi connectivity index (χ4v) is 8.45. The molecule has 0 spiro atoms. The van der Waals surface area contributed by atoms with Crippen LogP contribution >= 0.6 is 0 Å². The van der Waals surface area contributed by atoms with E-state index in [0.717, 1.165) is 33.6 Å². The van der Waals surface area contributed by atoms with Crippen molar-refractivity contribution in [2.24, 2.45) is 0 Å². The number of methoxy groups -OCH3 is 1. The summed E-state index contributed by atoms with van der Waals surface area (Å²) in [4.78, 5) is 67.3. The number of aromatic nitrogens is 2. The van der Waals surface area contributed by atoms with Crippen LogP contribution in [0, 0.1) is 11.6 Å². The van der Waals surface area contributed by atoms with Crippen LogP contribution in [0.4, 0.5) is 8.78 Å². The van der Waals surface area contributed by atoms with Crippen molar-refractivity contribution >= 4 is 45.4 Å². The van der Waals surface area contributed by atoms with E-state index >= 15 is 0 Å². The molecule has 5 aromatic carbocycles. The predicted octanol–water partition coefficient (Wildman–Crippen LogP) is 7.80. The summed E-state index contributed by atoms with van der Waals surface area (Å²) < 4.78 is 38.1. The van der Waals surface area contributed by atoms with Crippen molar-refractivity contribution < 1.29 is 42.5 Å². The monoisotopic (exact) mass is 906 g/mol. The molecule has 0 saturated heterocycles. The maximum atomic E-state index is 13.5. The predicted molar refractivity (Wildman–Crippen MR) is 249 cm³/mol. The lowest BCUT2D eigenvalue weighted by atomic mass is 9.94. The normalized spacial score (nSPS) is 12.8. The van der Waals surface area contributed by atoms with Gasteiger partial charge in [-0.15, -0.1) is 0 Å². The number of hydrogen-bond acceptors (Lipinski definition) is 9. The summed E-state index contributed by atoms with van der Waals surface area (Å²) >= 11 is 0. The molecule has 67 heavy (non-hydrogen) atoms. The molecule has 0 aliphatic carbocycles. The Hall–Kier alpha value is -7.94. The standard InChI is InChI=1S/C30H28FN3O4.C22H20FN3O3/c1-33(2)29(35)25-23-14-20(13-18-5-9-21(31)10-6-18)15-32-27(23)28(26-24(25)16-34(3)30(26)36)38-17-19-7-11-22(37-4)12-8-19;1-25(2)21(28)17-15-9-13(8-12-4-6-14(23)7-5-12)10-24-19(15)20(27)18-16(17)11-26(3)22(18)29/h5-12,14-15H,13,16-17H2,1-4H3;4-7,9-10,27H,8,11H2,1-3H3. The first kappa shape index (κ1) is 45.6. The fourth-order valence-electron chi connectivity index (χ4n) is 8.45. The molecule has 0 unspecified atom stereocenters. The second-order valence-electron chi connectivity index (χ2n) is 17.1. The Labute approximate surface area is 385 Å². The number of hydrogen-bond donors (Lipinski definition) is 1. The van der Waals surface area contributed by atoms with Crippen molar-refractivity contribution in [3.63, 3.8) is 0 Å². The minimum absolute atomic E-state index is 0.143. The van der Waals surface area contributed by atoms with Gasteiger partial charge in [0, 0.05) is 89.7 Å². The number of carbonyl (C=O) groups excluding carboxylic acids is 4. The number of aromatic hydroxyl groups is 1. The summed E-state index contributed by atoms with van der Waals surface area (Å²) in [6.45, 7) is 0.747. The van der Waals surface area contributed by atoms with E-state index in [1.54, 1.807) is 91.0 Å². The number of phenols is 1. The molecule has 342 valence electrons. The van der Waals surface area contributed by atoms with E-state index in [1.165, 1.54) is 39.0 Å². The van der Waals surface area contributed by atoms with E-state index in [2.05, 4.69) is 4.98 Å². The average Bonchev–Trinajstić information content (AvgIpc) is 3.78. The summed E-state index contributed by atoms with van der Waals surface area (Å²) in [6, 6.07) is 23.7. The van der Waals surface area contributed by atoms with Gasteiger partial charge in [-0.2, -0.15) is 0 Å². The Morgan fingerprint density at radius 1 is 0.642 bits per heavy atom. The van der Waals surface area contributed by atoms with Crippen molar-refractivity contribution in [1.29, 1.82) is 0 Å². The van der Waals surface area contributed by atoms with E-state index < -0.39 is 0 Å². The molecule has 0 bridgehead atoms. The van der Waals surface area contributed by atoms with Crippen LogP contribution in [0.5, 0.6) is 17.2 Å². The number of rotatable bonds is 10. The van der Waals surface area contributed by atoms with Crippen molar-refractivity contribution in [1.82, 2.24) is 29.6 Å². The first-order valence-electron chi connectivity index (χ1n) is 21.4. The maximum Gasteiger partial charge on any atom is 0.258 e. The summed E-state index contributed by atoms with van der Waals surface area (Å²) in [5, 5.41) is 11.9. The third-order valence-corrected chi connectivity index (χ3v) is 11.9. The van der Waals surface area contributed by atoms with Gasteiger partial charge in [-0.25, -0.2) is 8.78 Å². The molecule has 0 atom stereocenters. The zero-order valence-corrected chi connectivity index (χ0v) is 38.1. The number of nitrogens with zero attached hydrogens (tertiary/aromatic N) is 6. The van der Waals surface area contributed by atoms with E-state index in [0.29, 0.717) is 69.2 Å². The van der Waals surface area contributed by atoms with Gasteiger partial charge in [0.2, 0.25) is 0 Å². The molecule has 13 nitrogen and oxygen atoms in total. The minimum atomic E-state index is -0.329. The second kappa shape index (κ2) is 18.5. The molecule has 0 saturated carbocycles. The molecule has 4 amide bonds. The van der Waals surface area contributed by atoms with E-state index in [-0.39, 0.29) is 65.2 Å². The highest BCUT2D eigenvalue weighted by molar-refractivity contribution is 6.17. The highest BCUT2D eigenvalue weighted by Crippen LogP contribution is 2.42. The number of fused-ring (bicyclic) bond motifs is 4. The molecule has 2 aliphatic rings. The molecule has 15 heteroatoms. The van der Waals surface area contributed by atoms with Gasteiger partial charge in [0.1, 0.15) is 35.0 Å². The smallest absolute Gasteiger partial charge is 0.258 e. The van der Waals surface area contributed by atoms with Gasteiger partial charge < -0.3 is 34.2 Å². The van der Waals surface area contributed by atoms with Crippen LogP contribution in [0.2, 0.25) is 0 Å². The van der Waals surface area contributed by atoms with Crippen LogP contribution in [-0.2, 0) is 32.5 Å². The Morgan fingerprint density at radius 2 is 1.07 bits per heavy atom. The Bertz CT molecular complexity index is 3100. The van der Waals surface area contributed by atoms with Crippen LogP contribution in [0.15, 0.2) is 97.3 Å². The van der Waals surface area contributed by atoms with Crippen LogP contribution in [0.1, 0.15) is 80.4 Å². The van der Waals surface area contributed by atoms with Crippen LogP contribution in [0.3, 0.4) is 0 Å². The molecule has 7 aromatic rings. The molecule has 0 radical (unpaired) electrons. The van der Waals surface area contributed by atoms with Crippen molar-refractivity contribution in [3.8, 4) is 17.2 Å². The van der Waals surface area contributed by atoms with Gasteiger partial charge in [-0.05, 0) is 89.2 Å². The average molecular weight is 907 g/mol. The van der Waals surface area contributed by atoms with Gasteiger partial charge in [0.25, 0.3) is 23.6 Å². The number of phenolic OH excluding ortho intramolecular Hbond substituents is 1. The first-order valence-corrected chi connectivity index (χ1v) is 21.4. The number of ether oxygens (including phenoxy) is 2. The quantitative estimate of drug-likeness (QED) is 0.145. The molecule has 1 N–H and O–H groups in total. The number of carbonyl (C=O) groups is 4. The summed E-state index contributed by atoms with van der Waals surface area (Å²) in [6.07, 6.45) is 4.32. The number of amides is 4. The molecular weight excluding hydrogens is 859 g/mol. The van der Waals surface area contributed by atoms with E-state index in [9.17, 15) is 33.1 Å². The lowest BCUT2D eigenvalue weighted by molar-refractivity contribution is 0.0804. The van der Waals surface area contributed by atoms with Gasteiger partial charge >= 0.3 is 0 Å². The van der Waals surface area contributed by atoms with Gasteiger partial charge in [0.05, 0.1) is 29.4 Å². The third-order valence-electron chi connectivity index (χ3n) is 11.9. The number of pyridine rings is 2. The molecule has 2 aromatic heterocycles. The molecule has 0 fully saturated rings. The highest BCUT2D eigenvalue weighted by Gasteiger charge is 2.37. The second-order valence-corrected chi connectivity index (χ2v) is 17.1. The SMILES string of the molecule is CN(C)C(=O)c1c2c(c(O)c3ncc(Cc4ccc(F)cc4)cc13)C(=O)N(C)C2.COc1ccc(COc2c3c(c(C(=O)N(C)C)c4cc(Cc5ccc(F)cc5)cnc24)CN(C)C3=O)cc1. The Balaban J connectivity index is 0.000000188. The summed E-state index contributed by atoms with van der Waals surface area (Å²) in [5.41, 5.74) is 7.55. The summed E-state index contributed by atoms with van der Waals surface area (Å²) in [5.74, 6) is -0.714. The third kappa shape index (κ3) is 8.92. The molecule has 2 aliphatic heterocycles. The first-order chi connectivity index (χ1) is 32.0. The van der Waals surface area contributed by atoms with Gasteiger partial charge in [-0.3, -0.25) is 29.1 Å². The lowest BCUT2D eigenvalue weighted by Gasteiger charge is -2.19. The maximum absolute atomic E-state index is 13.5. The van der Waals surface area contributed by atoms with E-state index in [1.807, 2.05) is 36.4 Å². The molecular formula is C52H48F2N6O7. The van der Waals surface area contributed by atoms with Crippen LogP contribution in [-0.4, -0.2) is 108 Å². The zero-order valence-electron chi connectivity index (χ0n) is 38.1. The number of benzene rings is 5. The zero-order chi connectivity index (χ0) is 47.8. The van der Waals surface area contributed by atoms with Crippen molar-refractivity contribution in [2.75, 3.05) is 49.4 Å². The molecule has 9 rings (SSSR count). The Kier molecular flexibility index (Phi) is 12.6. The van der Waals surface area contributed by atoms with Crippen molar-refractivity contribution in [3.05, 3.63) is 170 Å². The van der Waals surface area contributed by atoms with Crippen LogP contribution < -0.4 is 9.47 Å². The fraction of sp³-hybridized carbons (Fsp3) is 0.231. The minimum Gasteiger partial charge on any atom is -0.505 e. The number of halogens is 2. The van der Waals surface area contributed by atoms with Gasteiger partial charge in [-0.1, -0.05) is 36.4 Å². The molecule has 4 heterocycles. The van der Waals surface area contributed by atoms with Crippen LogP contribution in [0.25, 0.3) is 21.8 Å². The summed E-state index contributed by atoms with van der Waals surface area (Å²) in [7, 11) is 11.6. The largest absolute Gasteiger partial charge is 0.505 e.